The Kier molecular flexibility index (Phi) is 4.57. The number of nitrogen functional groups attached to an aromatic ring is 1. The predicted molar refractivity (Wildman–Crippen MR) is 80.1 cm³/mol. The summed E-state index contributed by atoms with van der Waals surface area (Å²) in [5, 5.41) is 4.16. The van der Waals surface area contributed by atoms with Gasteiger partial charge < -0.3 is 5.73 Å². The zero-order chi connectivity index (χ0) is 13.8. The van der Waals surface area contributed by atoms with Crippen LogP contribution in [0.15, 0.2) is 34.9 Å². The van der Waals surface area contributed by atoms with Crippen LogP contribution < -0.4 is 17.0 Å². The quantitative estimate of drug-likeness (QED) is 0.446. The average Bonchev–Trinajstić information content (AvgIpc) is 2.80. The molecular formula is C13H18BrN5. The van der Waals surface area contributed by atoms with Crippen molar-refractivity contribution < 1.29 is 0 Å². The number of aryl methyl sites for hydroxylation is 2. The maximum atomic E-state index is 6.01. The number of hydrazine groups is 1. The molecule has 0 aliphatic carbocycles. The van der Waals surface area contributed by atoms with Crippen molar-refractivity contribution in [3.05, 3.63) is 46.2 Å². The standard InChI is InChI=1S/C13H18BrN5/c1-19-10(6-7-17-19)3-5-13(18-16)11-8-9(14)2-4-12(11)15/h2,4,6-8,13,18H,3,5,15-16H2,1H3. The van der Waals surface area contributed by atoms with E-state index >= 15 is 0 Å². The van der Waals surface area contributed by atoms with Crippen LogP contribution in [0.4, 0.5) is 5.69 Å². The third-order valence-electron chi connectivity index (χ3n) is 3.24. The highest BCUT2D eigenvalue weighted by Crippen LogP contribution is 2.27. The molecule has 5 nitrogen and oxygen atoms in total. The van der Waals surface area contributed by atoms with Crippen LogP contribution >= 0.6 is 15.9 Å². The number of nitrogens with two attached hydrogens (primary N) is 2. The minimum absolute atomic E-state index is 0.0207. The van der Waals surface area contributed by atoms with E-state index in [0.29, 0.717) is 0 Å². The number of nitrogens with one attached hydrogen (secondary N) is 1. The molecule has 1 heterocycles. The predicted octanol–water partition coefficient (Wildman–Crippen LogP) is 1.90. The van der Waals surface area contributed by atoms with Gasteiger partial charge in [0.1, 0.15) is 0 Å². The highest BCUT2D eigenvalue weighted by atomic mass is 79.9. The monoisotopic (exact) mass is 323 g/mol. The zero-order valence-electron chi connectivity index (χ0n) is 10.8. The van der Waals surface area contributed by atoms with Crippen LogP contribution in [-0.2, 0) is 13.5 Å². The van der Waals surface area contributed by atoms with Crippen LogP contribution in [0.5, 0.6) is 0 Å². The van der Waals surface area contributed by atoms with Gasteiger partial charge in [-0.1, -0.05) is 15.9 Å². The van der Waals surface area contributed by atoms with Crippen molar-refractivity contribution in [1.82, 2.24) is 15.2 Å². The maximum Gasteiger partial charge on any atom is 0.0492 e. The summed E-state index contributed by atoms with van der Waals surface area (Å²) in [6, 6.07) is 7.84. The van der Waals surface area contributed by atoms with Gasteiger partial charge >= 0.3 is 0 Å². The number of aromatic nitrogens is 2. The molecule has 0 bridgehead atoms. The topological polar surface area (TPSA) is 81.9 Å². The summed E-state index contributed by atoms with van der Waals surface area (Å²) in [5.41, 5.74) is 11.8. The summed E-state index contributed by atoms with van der Waals surface area (Å²) in [5.74, 6) is 5.66. The highest BCUT2D eigenvalue weighted by Gasteiger charge is 2.14. The molecule has 1 atom stereocenters. The Hall–Kier alpha value is -1.37. The average molecular weight is 324 g/mol. The van der Waals surface area contributed by atoms with E-state index in [0.717, 1.165) is 28.6 Å². The Morgan fingerprint density at radius 3 is 2.84 bits per heavy atom. The minimum atomic E-state index is 0.0207. The summed E-state index contributed by atoms with van der Waals surface area (Å²) < 4.78 is 2.87. The zero-order valence-corrected chi connectivity index (χ0v) is 12.4. The third kappa shape index (κ3) is 3.34. The van der Waals surface area contributed by atoms with E-state index in [1.54, 1.807) is 6.20 Å². The Labute approximate surface area is 121 Å². The number of anilines is 1. The lowest BCUT2D eigenvalue weighted by atomic mass is 10.00. The van der Waals surface area contributed by atoms with E-state index < -0.39 is 0 Å². The molecule has 1 unspecified atom stereocenters. The number of halogens is 1. The molecule has 0 saturated carbocycles. The second-order valence-corrected chi connectivity index (χ2v) is 5.39. The van der Waals surface area contributed by atoms with Crippen LogP contribution in [0.2, 0.25) is 0 Å². The molecule has 6 heteroatoms. The summed E-state index contributed by atoms with van der Waals surface area (Å²) in [6.45, 7) is 0. The smallest absolute Gasteiger partial charge is 0.0492 e. The Morgan fingerprint density at radius 2 is 2.21 bits per heavy atom. The number of hydrogen-bond donors (Lipinski definition) is 3. The van der Waals surface area contributed by atoms with E-state index in [1.807, 2.05) is 36.0 Å². The van der Waals surface area contributed by atoms with Crippen LogP contribution in [-0.4, -0.2) is 9.78 Å². The van der Waals surface area contributed by atoms with Gasteiger partial charge in [-0.05, 0) is 42.7 Å². The molecule has 102 valence electrons. The molecule has 2 aromatic rings. The van der Waals surface area contributed by atoms with Gasteiger partial charge in [-0.15, -0.1) is 0 Å². The fourth-order valence-corrected chi connectivity index (χ4v) is 2.49. The van der Waals surface area contributed by atoms with Crippen molar-refractivity contribution in [2.45, 2.75) is 18.9 Å². The molecule has 0 spiro atoms. The van der Waals surface area contributed by atoms with Crippen molar-refractivity contribution in [3.8, 4) is 0 Å². The summed E-state index contributed by atoms with van der Waals surface area (Å²) in [7, 11) is 1.94. The van der Waals surface area contributed by atoms with Gasteiger partial charge in [0.05, 0.1) is 0 Å². The summed E-state index contributed by atoms with van der Waals surface area (Å²) in [6.07, 6.45) is 3.54. The second kappa shape index (κ2) is 6.18. The van der Waals surface area contributed by atoms with Gasteiger partial charge in [0, 0.05) is 35.1 Å². The van der Waals surface area contributed by atoms with Crippen molar-refractivity contribution in [2.75, 3.05) is 5.73 Å². The number of rotatable bonds is 5. The SMILES string of the molecule is Cn1nccc1CCC(NN)c1cc(Br)ccc1N. The fourth-order valence-electron chi connectivity index (χ4n) is 2.11. The van der Waals surface area contributed by atoms with Crippen molar-refractivity contribution >= 4 is 21.6 Å². The van der Waals surface area contributed by atoms with Crippen LogP contribution in [0.25, 0.3) is 0 Å². The molecule has 1 aromatic heterocycles. The normalized spacial score (nSPS) is 12.6. The van der Waals surface area contributed by atoms with Crippen molar-refractivity contribution in [3.63, 3.8) is 0 Å². The molecule has 0 aliphatic rings. The second-order valence-electron chi connectivity index (χ2n) is 4.48. The van der Waals surface area contributed by atoms with E-state index in [-0.39, 0.29) is 6.04 Å². The van der Waals surface area contributed by atoms with E-state index in [2.05, 4.69) is 26.5 Å². The van der Waals surface area contributed by atoms with E-state index in [1.165, 1.54) is 5.69 Å². The van der Waals surface area contributed by atoms with Gasteiger partial charge in [-0.3, -0.25) is 16.0 Å². The molecule has 0 radical (unpaired) electrons. The van der Waals surface area contributed by atoms with Crippen LogP contribution in [0, 0.1) is 0 Å². The van der Waals surface area contributed by atoms with Gasteiger partial charge in [0.2, 0.25) is 0 Å². The van der Waals surface area contributed by atoms with Crippen LogP contribution in [0.3, 0.4) is 0 Å². The summed E-state index contributed by atoms with van der Waals surface area (Å²) >= 11 is 3.46. The molecule has 1 aromatic carbocycles. The largest absolute Gasteiger partial charge is 0.398 e. The third-order valence-corrected chi connectivity index (χ3v) is 3.73. The minimum Gasteiger partial charge on any atom is -0.398 e. The molecule has 0 saturated heterocycles. The molecule has 0 amide bonds. The number of benzene rings is 1. The van der Waals surface area contributed by atoms with Gasteiger partial charge in [0.15, 0.2) is 0 Å². The van der Waals surface area contributed by atoms with Crippen molar-refractivity contribution in [1.29, 1.82) is 0 Å². The molecular weight excluding hydrogens is 306 g/mol. The van der Waals surface area contributed by atoms with E-state index in [9.17, 15) is 0 Å². The van der Waals surface area contributed by atoms with Gasteiger partial charge in [0.25, 0.3) is 0 Å². The Balaban J connectivity index is 2.12. The van der Waals surface area contributed by atoms with Crippen molar-refractivity contribution in [2.24, 2.45) is 12.9 Å². The van der Waals surface area contributed by atoms with Gasteiger partial charge in [-0.2, -0.15) is 5.10 Å². The first kappa shape index (κ1) is 14.0. The fraction of sp³-hybridized carbons (Fsp3) is 0.308. The first-order valence-electron chi connectivity index (χ1n) is 6.09. The Bertz CT molecular complexity index is 552. The maximum absolute atomic E-state index is 6.01. The molecule has 19 heavy (non-hydrogen) atoms. The van der Waals surface area contributed by atoms with E-state index in [4.69, 9.17) is 11.6 Å². The highest BCUT2D eigenvalue weighted by molar-refractivity contribution is 9.10. The number of hydrogen-bond acceptors (Lipinski definition) is 4. The van der Waals surface area contributed by atoms with Gasteiger partial charge in [-0.25, -0.2) is 0 Å². The molecule has 0 fully saturated rings. The summed E-state index contributed by atoms with van der Waals surface area (Å²) in [4.78, 5) is 0. The lowest BCUT2D eigenvalue weighted by molar-refractivity contribution is 0.508. The molecule has 0 aliphatic heterocycles. The molecule has 5 N–H and O–H groups in total. The molecule has 2 rings (SSSR count). The lowest BCUT2D eigenvalue weighted by Gasteiger charge is -2.18. The van der Waals surface area contributed by atoms with Crippen LogP contribution in [0.1, 0.15) is 23.7 Å². The first-order valence-corrected chi connectivity index (χ1v) is 6.89. The first-order chi connectivity index (χ1) is 9.11. The Morgan fingerprint density at radius 1 is 1.42 bits per heavy atom. The lowest BCUT2D eigenvalue weighted by Crippen LogP contribution is -2.29. The number of nitrogens with zero attached hydrogens (tertiary/aromatic N) is 2.